The molecule has 0 spiro atoms. The zero-order chi connectivity index (χ0) is 16.9. The molecule has 0 unspecified atom stereocenters. The van der Waals surface area contributed by atoms with Gasteiger partial charge < -0.3 is 0 Å². The smallest absolute Gasteiger partial charge is 0.211 e. The van der Waals surface area contributed by atoms with Gasteiger partial charge in [0.05, 0.1) is 0 Å². The first-order chi connectivity index (χ1) is 12.4. The Morgan fingerprint density at radius 3 is 2.12 bits per heavy atom. The van der Waals surface area contributed by atoms with E-state index >= 15 is 0 Å². The van der Waals surface area contributed by atoms with Gasteiger partial charge in [0.25, 0.3) is 0 Å². The molecule has 0 atom stereocenters. The second-order valence-corrected chi connectivity index (χ2v) is 6.69. The fourth-order valence-corrected chi connectivity index (χ4v) is 3.24. The number of hydrogen-bond donors (Lipinski definition) is 0. The highest BCUT2D eigenvalue weighted by Crippen LogP contribution is 2.14. The van der Waals surface area contributed by atoms with Crippen LogP contribution in [0.1, 0.15) is 21.6 Å². The maximum atomic E-state index is 4.04. The molecule has 0 aliphatic carbocycles. The van der Waals surface area contributed by atoms with Crippen LogP contribution in [0.4, 0.5) is 0 Å². The predicted molar refractivity (Wildman–Crippen MR) is 106 cm³/mol. The topological polar surface area (TPSA) is 17.0 Å². The number of pyridine rings is 3. The first kappa shape index (κ1) is 15.5. The van der Waals surface area contributed by atoms with E-state index in [1.165, 1.54) is 21.5 Å². The number of thiophene rings is 1. The zero-order valence-electron chi connectivity index (χ0n) is 13.6. The molecule has 4 aromatic heterocycles. The summed E-state index contributed by atoms with van der Waals surface area (Å²) in [5.74, 6) is 0. The monoisotopic (exact) mass is 341 g/mol. The highest BCUT2D eigenvalue weighted by Gasteiger charge is 2.03. The summed E-state index contributed by atoms with van der Waals surface area (Å²) in [4.78, 5) is 5.31. The van der Waals surface area contributed by atoms with Gasteiger partial charge in [-0.3, -0.25) is 4.98 Å². The molecule has 120 valence electrons. The molecule has 0 aliphatic heterocycles. The number of hydrogen-bond acceptors (Lipinski definition) is 2. The molecule has 0 aromatic carbocycles. The summed E-state index contributed by atoms with van der Waals surface area (Å²) >= 11 is 1.75. The standard InChI is InChI=1S/C22H17N2S/c1-2-22(25-15-1)6-5-20-10-14-24-13-9-19(16-21(24)17-20)4-3-18-7-11-23-12-8-18/h1-17H/q+1/b4-3+,6-5+. The minimum atomic E-state index is 1.15. The predicted octanol–water partition coefficient (Wildman–Crippen LogP) is 5.22. The summed E-state index contributed by atoms with van der Waals surface area (Å²) in [6, 6.07) is 16.8. The van der Waals surface area contributed by atoms with Gasteiger partial charge in [-0.1, -0.05) is 24.3 Å². The van der Waals surface area contributed by atoms with Crippen molar-refractivity contribution < 1.29 is 4.40 Å². The molecule has 2 nitrogen and oxygen atoms in total. The van der Waals surface area contributed by atoms with Crippen molar-refractivity contribution in [2.45, 2.75) is 0 Å². The molecule has 4 heterocycles. The minimum Gasteiger partial charge on any atom is -0.265 e. The largest absolute Gasteiger partial charge is 0.265 e. The van der Waals surface area contributed by atoms with E-state index in [-0.39, 0.29) is 0 Å². The number of nitrogens with zero attached hydrogens (tertiary/aromatic N) is 2. The fourth-order valence-electron chi connectivity index (χ4n) is 2.62. The van der Waals surface area contributed by atoms with Gasteiger partial charge >= 0.3 is 0 Å². The van der Waals surface area contributed by atoms with E-state index in [1.54, 1.807) is 11.3 Å². The maximum absolute atomic E-state index is 4.04. The first-order valence-electron chi connectivity index (χ1n) is 8.12. The van der Waals surface area contributed by atoms with Gasteiger partial charge in [-0.25, -0.2) is 0 Å². The molecule has 4 rings (SSSR count). The summed E-state index contributed by atoms with van der Waals surface area (Å²) in [6.45, 7) is 0. The van der Waals surface area contributed by atoms with Crippen LogP contribution in [0.25, 0.3) is 29.8 Å². The molecule has 4 aromatic rings. The SMILES string of the molecule is C(=C\c1cc[n+]2ccc(/C=C/c3cccs3)cc2c1)/c1ccncc1. The third-order valence-corrected chi connectivity index (χ3v) is 4.78. The summed E-state index contributed by atoms with van der Waals surface area (Å²) in [6.07, 6.45) is 16.4. The van der Waals surface area contributed by atoms with Crippen LogP contribution in [-0.4, -0.2) is 4.98 Å². The Balaban J connectivity index is 1.61. The van der Waals surface area contributed by atoms with E-state index in [1.807, 2.05) is 24.5 Å². The van der Waals surface area contributed by atoms with Crippen molar-refractivity contribution in [1.82, 2.24) is 4.98 Å². The molecule has 0 aliphatic rings. The number of fused-ring (bicyclic) bond motifs is 1. The third-order valence-electron chi connectivity index (χ3n) is 3.94. The number of rotatable bonds is 4. The molecule has 0 radical (unpaired) electrons. The van der Waals surface area contributed by atoms with Gasteiger partial charge in [0.1, 0.15) is 0 Å². The Kier molecular flexibility index (Phi) is 4.49. The molecule has 0 saturated heterocycles. The van der Waals surface area contributed by atoms with Crippen LogP contribution in [0, 0.1) is 0 Å². The van der Waals surface area contributed by atoms with E-state index in [2.05, 4.69) is 87.9 Å². The van der Waals surface area contributed by atoms with Crippen molar-refractivity contribution in [3.8, 4) is 0 Å². The van der Waals surface area contributed by atoms with Crippen molar-refractivity contribution in [1.29, 1.82) is 0 Å². The second-order valence-electron chi connectivity index (χ2n) is 5.71. The average molecular weight is 341 g/mol. The lowest BCUT2D eigenvalue weighted by atomic mass is 10.1. The van der Waals surface area contributed by atoms with E-state index in [0.29, 0.717) is 0 Å². The molecule has 25 heavy (non-hydrogen) atoms. The van der Waals surface area contributed by atoms with E-state index in [9.17, 15) is 0 Å². The van der Waals surface area contributed by atoms with Crippen LogP contribution in [0.2, 0.25) is 0 Å². The number of aromatic nitrogens is 2. The molecule has 0 bridgehead atoms. The Morgan fingerprint density at radius 2 is 1.44 bits per heavy atom. The van der Waals surface area contributed by atoms with Crippen molar-refractivity contribution in [3.05, 3.63) is 100 Å². The Bertz CT molecular complexity index is 1030. The van der Waals surface area contributed by atoms with Gasteiger partial charge in [0.15, 0.2) is 12.4 Å². The average Bonchev–Trinajstić information content (AvgIpc) is 3.19. The Labute approximate surface area is 151 Å². The molecule has 0 fully saturated rings. The first-order valence-corrected chi connectivity index (χ1v) is 9.00. The Hall–Kier alpha value is -3.04. The zero-order valence-corrected chi connectivity index (χ0v) is 14.4. The van der Waals surface area contributed by atoms with Crippen LogP contribution < -0.4 is 4.40 Å². The highest BCUT2D eigenvalue weighted by atomic mass is 32.1. The van der Waals surface area contributed by atoms with Gasteiger partial charge in [-0.05, 0) is 46.3 Å². The Morgan fingerprint density at radius 1 is 0.760 bits per heavy atom. The quantitative estimate of drug-likeness (QED) is 0.465. The normalized spacial score (nSPS) is 11.7. The van der Waals surface area contributed by atoms with Crippen molar-refractivity contribution in [2.75, 3.05) is 0 Å². The van der Waals surface area contributed by atoms with Gasteiger partial charge in [0, 0.05) is 41.5 Å². The van der Waals surface area contributed by atoms with Crippen LogP contribution in [-0.2, 0) is 0 Å². The van der Waals surface area contributed by atoms with Gasteiger partial charge in [0.2, 0.25) is 5.52 Å². The van der Waals surface area contributed by atoms with Crippen molar-refractivity contribution in [2.24, 2.45) is 0 Å². The summed E-state index contributed by atoms with van der Waals surface area (Å²) in [7, 11) is 0. The van der Waals surface area contributed by atoms with Crippen molar-refractivity contribution in [3.63, 3.8) is 0 Å². The summed E-state index contributed by atoms with van der Waals surface area (Å²) in [5.41, 5.74) is 4.69. The molecular weight excluding hydrogens is 324 g/mol. The minimum absolute atomic E-state index is 1.15. The van der Waals surface area contributed by atoms with Crippen LogP contribution in [0.5, 0.6) is 0 Å². The molecule has 3 heteroatoms. The van der Waals surface area contributed by atoms with Gasteiger partial charge in [-0.15, -0.1) is 11.3 Å². The summed E-state index contributed by atoms with van der Waals surface area (Å²) < 4.78 is 2.13. The lowest BCUT2D eigenvalue weighted by molar-refractivity contribution is -0.512. The lowest BCUT2D eigenvalue weighted by Crippen LogP contribution is -2.20. The molecule has 0 saturated carbocycles. The van der Waals surface area contributed by atoms with Crippen molar-refractivity contribution >= 4 is 41.2 Å². The third kappa shape index (κ3) is 3.90. The lowest BCUT2D eigenvalue weighted by Gasteiger charge is -1.97. The molecule has 0 N–H and O–H groups in total. The molecule has 0 amide bonds. The molecular formula is C22H17N2S+. The maximum Gasteiger partial charge on any atom is 0.211 e. The van der Waals surface area contributed by atoms with E-state index < -0.39 is 0 Å². The van der Waals surface area contributed by atoms with E-state index in [0.717, 1.165) is 5.56 Å². The van der Waals surface area contributed by atoms with Crippen LogP contribution in [0.3, 0.4) is 0 Å². The second kappa shape index (κ2) is 7.24. The van der Waals surface area contributed by atoms with Crippen LogP contribution in [0.15, 0.2) is 78.7 Å². The summed E-state index contributed by atoms with van der Waals surface area (Å²) in [5, 5.41) is 2.09. The van der Waals surface area contributed by atoms with Gasteiger partial charge in [-0.2, -0.15) is 4.40 Å². The van der Waals surface area contributed by atoms with E-state index in [4.69, 9.17) is 0 Å². The highest BCUT2D eigenvalue weighted by molar-refractivity contribution is 7.10. The van der Waals surface area contributed by atoms with Crippen LogP contribution >= 0.6 is 11.3 Å². The fraction of sp³-hybridized carbons (Fsp3) is 0.